The first-order valence-electron chi connectivity index (χ1n) is 7.02. The van der Waals surface area contributed by atoms with Crippen molar-refractivity contribution in [1.29, 1.82) is 5.26 Å². The number of anilines is 1. The molecule has 0 bridgehead atoms. The first kappa shape index (κ1) is 18.1. The lowest BCUT2D eigenvalue weighted by Gasteiger charge is -2.12. The Kier molecular flexibility index (Phi) is 5.49. The zero-order valence-electron chi connectivity index (χ0n) is 13.1. The van der Waals surface area contributed by atoms with Crippen LogP contribution >= 0.6 is 0 Å². The fourth-order valence-electron chi connectivity index (χ4n) is 2.01. The zero-order valence-corrected chi connectivity index (χ0v) is 13.1. The molecule has 1 amide bonds. The molecule has 25 heavy (non-hydrogen) atoms. The summed E-state index contributed by atoms with van der Waals surface area (Å²) in [6, 6.07) is 12.1. The summed E-state index contributed by atoms with van der Waals surface area (Å²) in [4.78, 5) is 12.3. The SMILES string of the molecule is COc1ccccc1C(=O)Nc1ccc(OCC(F)(F)F)c(C#N)c1. The van der Waals surface area contributed by atoms with E-state index in [0.717, 1.165) is 0 Å². The Morgan fingerprint density at radius 3 is 2.56 bits per heavy atom. The molecule has 5 nitrogen and oxygen atoms in total. The van der Waals surface area contributed by atoms with Gasteiger partial charge in [0.1, 0.15) is 17.6 Å². The quantitative estimate of drug-likeness (QED) is 0.891. The van der Waals surface area contributed by atoms with E-state index < -0.39 is 18.7 Å². The minimum absolute atomic E-state index is 0.123. The number of alkyl halides is 3. The molecule has 0 saturated heterocycles. The van der Waals surface area contributed by atoms with Crippen molar-refractivity contribution in [3.63, 3.8) is 0 Å². The number of hydrogen-bond donors (Lipinski definition) is 1. The lowest BCUT2D eigenvalue weighted by atomic mass is 10.1. The highest BCUT2D eigenvalue weighted by Crippen LogP contribution is 2.26. The molecule has 0 aliphatic rings. The molecule has 2 rings (SSSR count). The van der Waals surface area contributed by atoms with Gasteiger partial charge in [0.2, 0.25) is 0 Å². The molecule has 2 aromatic rings. The minimum Gasteiger partial charge on any atom is -0.496 e. The van der Waals surface area contributed by atoms with Crippen molar-refractivity contribution in [2.75, 3.05) is 19.0 Å². The molecule has 0 fully saturated rings. The largest absolute Gasteiger partial charge is 0.496 e. The number of benzene rings is 2. The van der Waals surface area contributed by atoms with Gasteiger partial charge in [0.25, 0.3) is 5.91 Å². The predicted octanol–water partition coefficient (Wildman–Crippen LogP) is 3.76. The minimum atomic E-state index is -4.51. The monoisotopic (exact) mass is 350 g/mol. The van der Waals surface area contributed by atoms with Gasteiger partial charge in [0.05, 0.1) is 18.2 Å². The summed E-state index contributed by atoms with van der Waals surface area (Å²) in [6.07, 6.45) is -4.51. The summed E-state index contributed by atoms with van der Waals surface area (Å²) in [5.41, 5.74) is 0.398. The molecule has 8 heteroatoms. The molecular formula is C17H13F3N2O3. The summed E-state index contributed by atoms with van der Waals surface area (Å²) < 4.78 is 46.3. The third kappa shape index (κ3) is 4.88. The number of amides is 1. The summed E-state index contributed by atoms with van der Waals surface area (Å²) in [6.45, 7) is -1.51. The molecular weight excluding hydrogens is 337 g/mol. The second-order valence-electron chi connectivity index (χ2n) is 4.88. The number of carbonyl (C=O) groups excluding carboxylic acids is 1. The lowest BCUT2D eigenvalue weighted by molar-refractivity contribution is -0.153. The van der Waals surface area contributed by atoms with Crippen LogP contribution in [0.5, 0.6) is 11.5 Å². The van der Waals surface area contributed by atoms with E-state index in [9.17, 15) is 18.0 Å². The van der Waals surface area contributed by atoms with Gasteiger partial charge in [0.15, 0.2) is 6.61 Å². The molecule has 0 aliphatic carbocycles. The molecule has 0 atom stereocenters. The van der Waals surface area contributed by atoms with Crippen LogP contribution in [0.15, 0.2) is 42.5 Å². The highest BCUT2D eigenvalue weighted by Gasteiger charge is 2.28. The van der Waals surface area contributed by atoms with Gasteiger partial charge in [-0.05, 0) is 30.3 Å². The Labute approximate surface area is 141 Å². The van der Waals surface area contributed by atoms with Gasteiger partial charge < -0.3 is 14.8 Å². The van der Waals surface area contributed by atoms with Crippen molar-refractivity contribution in [3.8, 4) is 17.6 Å². The first-order chi connectivity index (χ1) is 11.8. The summed E-state index contributed by atoms with van der Waals surface area (Å²) in [5.74, 6) is -0.328. The third-order valence-corrected chi connectivity index (χ3v) is 3.10. The van der Waals surface area contributed by atoms with E-state index in [1.54, 1.807) is 30.3 Å². The first-order valence-corrected chi connectivity index (χ1v) is 7.02. The molecule has 1 N–H and O–H groups in total. The van der Waals surface area contributed by atoms with Crippen molar-refractivity contribution < 1.29 is 27.4 Å². The number of methoxy groups -OCH3 is 1. The molecule has 0 radical (unpaired) electrons. The van der Waals surface area contributed by atoms with Crippen LogP contribution in [0.1, 0.15) is 15.9 Å². The fourth-order valence-corrected chi connectivity index (χ4v) is 2.01. The standard InChI is InChI=1S/C17H13F3N2O3/c1-24-15-5-3-2-4-13(15)16(23)22-12-6-7-14(11(8-12)9-21)25-10-17(18,19)20/h2-8H,10H2,1H3,(H,22,23). The molecule has 0 spiro atoms. The number of rotatable bonds is 5. The average Bonchev–Trinajstić information content (AvgIpc) is 2.59. The summed E-state index contributed by atoms with van der Waals surface area (Å²) in [5, 5.41) is 11.6. The van der Waals surface area contributed by atoms with Gasteiger partial charge in [-0.1, -0.05) is 12.1 Å². The smallest absolute Gasteiger partial charge is 0.422 e. The molecule has 130 valence electrons. The van der Waals surface area contributed by atoms with Crippen molar-refractivity contribution >= 4 is 11.6 Å². The van der Waals surface area contributed by atoms with Gasteiger partial charge in [0, 0.05) is 5.69 Å². The van der Waals surface area contributed by atoms with E-state index in [2.05, 4.69) is 10.1 Å². The van der Waals surface area contributed by atoms with Crippen molar-refractivity contribution in [2.24, 2.45) is 0 Å². The highest BCUT2D eigenvalue weighted by molar-refractivity contribution is 6.06. The molecule has 0 aromatic heterocycles. The maximum absolute atomic E-state index is 12.3. The van der Waals surface area contributed by atoms with Crippen LogP contribution in [0.2, 0.25) is 0 Å². The van der Waals surface area contributed by atoms with Gasteiger partial charge in [-0.3, -0.25) is 4.79 Å². The fraction of sp³-hybridized carbons (Fsp3) is 0.176. The van der Waals surface area contributed by atoms with Gasteiger partial charge >= 0.3 is 6.18 Å². The Hall–Kier alpha value is -3.21. The Balaban J connectivity index is 2.18. The van der Waals surface area contributed by atoms with E-state index in [1.165, 1.54) is 25.3 Å². The Morgan fingerprint density at radius 2 is 1.92 bits per heavy atom. The Bertz CT molecular complexity index is 814. The van der Waals surface area contributed by atoms with E-state index >= 15 is 0 Å². The number of halogens is 3. The summed E-state index contributed by atoms with van der Waals surface area (Å²) >= 11 is 0. The van der Waals surface area contributed by atoms with E-state index in [0.29, 0.717) is 5.75 Å². The number of nitrogens with one attached hydrogen (secondary N) is 1. The van der Waals surface area contributed by atoms with Gasteiger partial charge in [-0.2, -0.15) is 18.4 Å². The molecule has 0 aliphatic heterocycles. The third-order valence-electron chi connectivity index (χ3n) is 3.10. The highest BCUT2D eigenvalue weighted by atomic mass is 19.4. The molecule has 0 unspecified atom stereocenters. The summed E-state index contributed by atoms with van der Waals surface area (Å²) in [7, 11) is 1.42. The van der Waals surface area contributed by atoms with Crippen LogP contribution in [0.25, 0.3) is 0 Å². The number of para-hydroxylation sites is 1. The van der Waals surface area contributed by atoms with E-state index in [4.69, 9.17) is 10.00 Å². The number of hydrogen-bond acceptors (Lipinski definition) is 4. The van der Waals surface area contributed by atoms with Crippen LogP contribution < -0.4 is 14.8 Å². The van der Waals surface area contributed by atoms with Gasteiger partial charge in [-0.25, -0.2) is 0 Å². The number of carbonyl (C=O) groups is 1. The predicted molar refractivity (Wildman–Crippen MR) is 83.7 cm³/mol. The van der Waals surface area contributed by atoms with Crippen LogP contribution in [-0.4, -0.2) is 25.8 Å². The van der Waals surface area contributed by atoms with Crippen LogP contribution in [0.3, 0.4) is 0 Å². The number of nitriles is 1. The maximum Gasteiger partial charge on any atom is 0.422 e. The molecule has 0 saturated carbocycles. The van der Waals surface area contributed by atoms with Crippen LogP contribution in [0.4, 0.5) is 18.9 Å². The van der Waals surface area contributed by atoms with Gasteiger partial charge in [-0.15, -0.1) is 0 Å². The zero-order chi connectivity index (χ0) is 18.4. The normalized spacial score (nSPS) is 10.7. The second kappa shape index (κ2) is 7.57. The van der Waals surface area contributed by atoms with E-state index in [-0.39, 0.29) is 22.6 Å². The van der Waals surface area contributed by atoms with Crippen LogP contribution in [0, 0.1) is 11.3 Å². The van der Waals surface area contributed by atoms with Crippen molar-refractivity contribution in [1.82, 2.24) is 0 Å². The molecule has 0 heterocycles. The average molecular weight is 350 g/mol. The molecule has 2 aromatic carbocycles. The van der Waals surface area contributed by atoms with Crippen molar-refractivity contribution in [2.45, 2.75) is 6.18 Å². The number of ether oxygens (including phenoxy) is 2. The lowest BCUT2D eigenvalue weighted by Crippen LogP contribution is -2.19. The topological polar surface area (TPSA) is 71.3 Å². The Morgan fingerprint density at radius 1 is 1.20 bits per heavy atom. The second-order valence-corrected chi connectivity index (χ2v) is 4.88. The van der Waals surface area contributed by atoms with E-state index in [1.807, 2.05) is 0 Å². The number of nitrogens with zero attached hydrogens (tertiary/aromatic N) is 1. The van der Waals surface area contributed by atoms with Crippen molar-refractivity contribution in [3.05, 3.63) is 53.6 Å². The maximum atomic E-state index is 12.3. The van der Waals surface area contributed by atoms with Crippen LogP contribution in [-0.2, 0) is 0 Å².